The van der Waals surface area contributed by atoms with Crippen LogP contribution in [0.5, 0.6) is 0 Å². The highest BCUT2D eigenvalue weighted by molar-refractivity contribution is 5.97. The maximum absolute atomic E-state index is 12.4. The zero-order valence-corrected chi connectivity index (χ0v) is 11.9. The first-order valence-electron chi connectivity index (χ1n) is 6.41. The number of rotatable bonds is 5. The van der Waals surface area contributed by atoms with Gasteiger partial charge in [-0.15, -0.1) is 0 Å². The minimum absolute atomic E-state index is 0.000509. The van der Waals surface area contributed by atoms with Crippen molar-refractivity contribution in [3.05, 3.63) is 11.4 Å². The van der Waals surface area contributed by atoms with E-state index in [0.717, 1.165) is 5.69 Å². The van der Waals surface area contributed by atoms with Crippen molar-refractivity contribution in [3.8, 4) is 6.07 Å². The van der Waals surface area contributed by atoms with Gasteiger partial charge < -0.3 is 10.6 Å². The van der Waals surface area contributed by atoms with Crippen LogP contribution in [0.2, 0.25) is 0 Å². The summed E-state index contributed by atoms with van der Waals surface area (Å²) in [7, 11) is 0. The van der Waals surface area contributed by atoms with Crippen molar-refractivity contribution in [1.29, 1.82) is 5.26 Å². The fourth-order valence-electron chi connectivity index (χ4n) is 1.87. The Labute approximate surface area is 113 Å². The molecular weight excluding hydrogens is 242 g/mol. The van der Waals surface area contributed by atoms with Gasteiger partial charge >= 0.3 is 0 Å². The molecule has 1 amide bonds. The van der Waals surface area contributed by atoms with Crippen LogP contribution in [0.1, 0.15) is 56.2 Å². The van der Waals surface area contributed by atoms with Crippen molar-refractivity contribution in [2.45, 2.75) is 46.1 Å². The lowest BCUT2D eigenvalue weighted by Gasteiger charge is -2.25. The summed E-state index contributed by atoms with van der Waals surface area (Å²) in [6.45, 7) is 8.15. The molecule has 0 spiro atoms. The van der Waals surface area contributed by atoms with Crippen molar-refractivity contribution in [3.63, 3.8) is 0 Å². The first-order chi connectivity index (χ1) is 8.90. The molecule has 0 aliphatic carbocycles. The minimum Gasteiger partial charge on any atom is -0.395 e. The molecule has 6 heteroatoms. The topological polar surface area (TPSA) is 98.8 Å². The molecule has 1 aromatic rings. The Balaban J connectivity index is 3.00. The Morgan fingerprint density at radius 1 is 1.47 bits per heavy atom. The average Bonchev–Trinajstić information content (AvgIpc) is 2.71. The normalized spacial score (nSPS) is 10.8. The number of nitrogen functional groups attached to an aromatic ring is 1. The molecule has 0 saturated heterocycles. The Bertz CT molecular complexity index is 484. The van der Waals surface area contributed by atoms with Gasteiger partial charge in [0, 0.05) is 12.6 Å². The molecule has 0 radical (unpaired) electrons. The van der Waals surface area contributed by atoms with Gasteiger partial charge in [-0.3, -0.25) is 9.89 Å². The minimum atomic E-state index is -0.231. The number of carbonyl (C=O) groups excluding carboxylic acids is 1. The second-order valence-corrected chi connectivity index (χ2v) is 5.05. The summed E-state index contributed by atoms with van der Waals surface area (Å²) >= 11 is 0. The largest absolute Gasteiger partial charge is 0.395 e. The molecule has 0 atom stereocenters. The number of hydrogen-bond donors (Lipinski definition) is 2. The highest BCUT2D eigenvalue weighted by Gasteiger charge is 2.25. The first kappa shape index (κ1) is 15.0. The third-order valence-electron chi connectivity index (χ3n) is 2.96. The zero-order chi connectivity index (χ0) is 14.6. The van der Waals surface area contributed by atoms with E-state index in [1.165, 1.54) is 0 Å². The van der Waals surface area contributed by atoms with Crippen LogP contribution in [0, 0.1) is 11.3 Å². The molecule has 0 aliphatic rings. The van der Waals surface area contributed by atoms with Gasteiger partial charge in [0.15, 0.2) is 5.69 Å². The van der Waals surface area contributed by atoms with Gasteiger partial charge in [-0.05, 0) is 19.8 Å². The second-order valence-electron chi connectivity index (χ2n) is 5.05. The monoisotopic (exact) mass is 263 g/mol. The van der Waals surface area contributed by atoms with Crippen LogP contribution in [-0.4, -0.2) is 33.6 Å². The Hall–Kier alpha value is -2.03. The second kappa shape index (κ2) is 6.23. The maximum atomic E-state index is 12.4. The Morgan fingerprint density at radius 2 is 2.11 bits per heavy atom. The molecule has 1 rings (SSSR count). The summed E-state index contributed by atoms with van der Waals surface area (Å²) in [4.78, 5) is 14.0. The van der Waals surface area contributed by atoms with Crippen LogP contribution >= 0.6 is 0 Å². The molecule has 1 heterocycles. The number of nitrogens with one attached hydrogen (secondary N) is 1. The van der Waals surface area contributed by atoms with E-state index < -0.39 is 0 Å². The van der Waals surface area contributed by atoms with Gasteiger partial charge in [0.05, 0.1) is 23.9 Å². The van der Waals surface area contributed by atoms with Crippen molar-refractivity contribution < 1.29 is 4.79 Å². The first-order valence-corrected chi connectivity index (χ1v) is 6.41. The number of anilines is 1. The molecule has 0 unspecified atom stereocenters. The number of nitriles is 1. The van der Waals surface area contributed by atoms with Gasteiger partial charge in [-0.25, -0.2) is 0 Å². The molecule has 0 bridgehead atoms. The lowest BCUT2D eigenvalue weighted by Crippen LogP contribution is -2.38. The Morgan fingerprint density at radius 3 is 2.53 bits per heavy atom. The number of H-pyrrole nitrogens is 1. The van der Waals surface area contributed by atoms with Gasteiger partial charge in [0.1, 0.15) is 0 Å². The van der Waals surface area contributed by atoms with Crippen molar-refractivity contribution in [2.24, 2.45) is 0 Å². The lowest BCUT2D eigenvalue weighted by atomic mass is 10.1. The van der Waals surface area contributed by atoms with E-state index >= 15 is 0 Å². The molecule has 3 N–H and O–H groups in total. The predicted molar refractivity (Wildman–Crippen MR) is 73.5 cm³/mol. The van der Waals surface area contributed by atoms with Gasteiger partial charge in [0.25, 0.3) is 5.91 Å². The van der Waals surface area contributed by atoms with Crippen molar-refractivity contribution >= 4 is 11.6 Å². The van der Waals surface area contributed by atoms with E-state index in [-0.39, 0.29) is 23.6 Å². The van der Waals surface area contributed by atoms with Crippen molar-refractivity contribution in [1.82, 2.24) is 15.1 Å². The quantitative estimate of drug-likeness (QED) is 0.847. The number of aromatic amines is 1. The fraction of sp³-hybridized carbons (Fsp3) is 0.615. The van der Waals surface area contributed by atoms with E-state index in [1.807, 2.05) is 33.8 Å². The predicted octanol–water partition coefficient (Wildman–Crippen LogP) is 1.88. The van der Waals surface area contributed by atoms with E-state index in [1.54, 1.807) is 4.90 Å². The van der Waals surface area contributed by atoms with Crippen molar-refractivity contribution in [2.75, 3.05) is 12.3 Å². The smallest absolute Gasteiger partial charge is 0.276 e. The third-order valence-corrected chi connectivity index (χ3v) is 2.96. The fourth-order valence-corrected chi connectivity index (χ4v) is 1.87. The van der Waals surface area contributed by atoms with E-state index in [2.05, 4.69) is 10.2 Å². The lowest BCUT2D eigenvalue weighted by molar-refractivity contribution is 0.0705. The SMILES string of the molecule is CC(C)c1[nH]nc(C(=O)N(CCC#N)C(C)C)c1N. The Kier molecular flexibility index (Phi) is 4.93. The van der Waals surface area contributed by atoms with Crippen LogP contribution < -0.4 is 5.73 Å². The number of nitrogens with zero attached hydrogens (tertiary/aromatic N) is 3. The summed E-state index contributed by atoms with van der Waals surface area (Å²) in [5.74, 6) is -0.0495. The molecule has 104 valence electrons. The van der Waals surface area contributed by atoms with Crippen LogP contribution in [0.4, 0.5) is 5.69 Å². The van der Waals surface area contributed by atoms with Gasteiger partial charge in [0.2, 0.25) is 0 Å². The van der Waals surface area contributed by atoms with Crippen LogP contribution in [-0.2, 0) is 0 Å². The summed E-state index contributed by atoms with van der Waals surface area (Å²) in [5.41, 5.74) is 7.39. The van der Waals surface area contributed by atoms with E-state index in [0.29, 0.717) is 18.7 Å². The average molecular weight is 263 g/mol. The zero-order valence-electron chi connectivity index (χ0n) is 11.9. The molecule has 1 aromatic heterocycles. The third kappa shape index (κ3) is 3.25. The molecule has 0 fully saturated rings. The van der Waals surface area contributed by atoms with Gasteiger partial charge in [-0.1, -0.05) is 13.8 Å². The number of amides is 1. The van der Waals surface area contributed by atoms with Crippen LogP contribution in [0.3, 0.4) is 0 Å². The summed E-state index contributed by atoms with van der Waals surface area (Å²) in [5, 5.41) is 15.5. The summed E-state index contributed by atoms with van der Waals surface area (Å²) in [6, 6.07) is 2.04. The summed E-state index contributed by atoms with van der Waals surface area (Å²) < 4.78 is 0. The van der Waals surface area contributed by atoms with Crippen LogP contribution in [0.15, 0.2) is 0 Å². The summed E-state index contributed by atoms with van der Waals surface area (Å²) in [6.07, 6.45) is 0.297. The highest BCUT2D eigenvalue weighted by Crippen LogP contribution is 2.23. The molecule has 0 aromatic carbocycles. The molecule has 19 heavy (non-hydrogen) atoms. The molecule has 0 saturated carbocycles. The van der Waals surface area contributed by atoms with Crippen LogP contribution in [0.25, 0.3) is 0 Å². The molecule has 6 nitrogen and oxygen atoms in total. The maximum Gasteiger partial charge on any atom is 0.276 e. The highest BCUT2D eigenvalue weighted by atomic mass is 16.2. The number of hydrogen-bond acceptors (Lipinski definition) is 4. The molecule has 0 aliphatic heterocycles. The number of aromatic nitrogens is 2. The molecular formula is C13H21N5O. The standard InChI is InChI=1S/C13H21N5O/c1-8(2)11-10(15)12(17-16-11)13(19)18(9(3)4)7-5-6-14/h8-9H,5,7,15H2,1-4H3,(H,16,17). The number of carbonyl (C=O) groups is 1. The van der Waals surface area contributed by atoms with Gasteiger partial charge in [-0.2, -0.15) is 10.4 Å². The van der Waals surface area contributed by atoms with E-state index in [9.17, 15) is 4.79 Å². The number of nitrogens with two attached hydrogens (primary N) is 1. The van der Waals surface area contributed by atoms with E-state index in [4.69, 9.17) is 11.0 Å².